The lowest BCUT2D eigenvalue weighted by Crippen LogP contribution is -2.13. The van der Waals surface area contributed by atoms with Crippen molar-refractivity contribution in [1.82, 2.24) is 0 Å². The zero-order valence-corrected chi connectivity index (χ0v) is 7.93. The highest BCUT2D eigenvalue weighted by molar-refractivity contribution is 4.55. The fraction of sp³-hybridized carbons (Fsp3) is 1.00. The quantitative estimate of drug-likeness (QED) is 0.532. The second-order valence-electron chi connectivity index (χ2n) is 2.63. The Balaban J connectivity index is 3.20. The molecule has 1 unspecified atom stereocenters. The van der Waals surface area contributed by atoms with Gasteiger partial charge in [-0.25, -0.2) is 0 Å². The van der Waals surface area contributed by atoms with Crippen LogP contribution in [-0.2, 0) is 9.47 Å². The number of rotatable bonds is 7. The van der Waals surface area contributed by atoms with Crippen LogP contribution in [0.5, 0.6) is 0 Å². The Morgan fingerprint density at radius 2 is 1.91 bits per heavy atom. The van der Waals surface area contributed by atoms with Crippen molar-refractivity contribution in [3.05, 3.63) is 0 Å². The highest BCUT2D eigenvalue weighted by Crippen LogP contribution is 2.05. The van der Waals surface area contributed by atoms with Gasteiger partial charge in [0, 0.05) is 20.3 Å². The van der Waals surface area contributed by atoms with E-state index in [0.717, 1.165) is 26.1 Å². The minimum absolute atomic E-state index is 0.395. The van der Waals surface area contributed by atoms with E-state index in [2.05, 4.69) is 6.92 Å². The first-order chi connectivity index (χ1) is 5.35. The summed E-state index contributed by atoms with van der Waals surface area (Å²) in [6.45, 7) is 5.83. The first-order valence-corrected chi connectivity index (χ1v) is 4.45. The Labute approximate surface area is 69.9 Å². The topological polar surface area (TPSA) is 18.5 Å². The molecule has 2 nitrogen and oxygen atoms in total. The number of hydrogen-bond donors (Lipinski definition) is 0. The molecule has 0 rings (SSSR count). The van der Waals surface area contributed by atoms with Gasteiger partial charge < -0.3 is 9.47 Å². The Morgan fingerprint density at radius 1 is 1.18 bits per heavy atom. The van der Waals surface area contributed by atoms with Crippen LogP contribution in [0.25, 0.3) is 0 Å². The molecule has 0 aliphatic heterocycles. The molecule has 0 saturated heterocycles. The Kier molecular flexibility index (Phi) is 7.96. The van der Waals surface area contributed by atoms with Crippen LogP contribution in [-0.4, -0.2) is 26.4 Å². The van der Waals surface area contributed by atoms with Crippen molar-refractivity contribution in [2.45, 2.75) is 39.2 Å². The smallest absolute Gasteiger partial charge is 0.0593 e. The summed E-state index contributed by atoms with van der Waals surface area (Å²) in [5.74, 6) is 0. The summed E-state index contributed by atoms with van der Waals surface area (Å²) in [7, 11) is 1.77. The summed E-state index contributed by atoms with van der Waals surface area (Å²) in [6.07, 6.45) is 3.75. The predicted molar refractivity (Wildman–Crippen MR) is 46.8 cm³/mol. The van der Waals surface area contributed by atoms with Gasteiger partial charge in [0.05, 0.1) is 6.10 Å². The maximum Gasteiger partial charge on any atom is 0.0593 e. The second kappa shape index (κ2) is 8.02. The minimum atomic E-state index is 0.395. The van der Waals surface area contributed by atoms with Gasteiger partial charge in [-0.15, -0.1) is 0 Å². The fourth-order valence-corrected chi connectivity index (χ4v) is 1.06. The summed E-state index contributed by atoms with van der Waals surface area (Å²) >= 11 is 0. The lowest BCUT2D eigenvalue weighted by Gasteiger charge is -2.13. The molecule has 0 amide bonds. The molecule has 0 N–H and O–H groups in total. The number of hydrogen-bond acceptors (Lipinski definition) is 2. The molecule has 0 saturated carbocycles. The molecule has 0 aromatic carbocycles. The second-order valence-corrected chi connectivity index (χ2v) is 2.63. The van der Waals surface area contributed by atoms with Crippen molar-refractivity contribution in [3.63, 3.8) is 0 Å². The van der Waals surface area contributed by atoms with E-state index in [9.17, 15) is 0 Å². The van der Waals surface area contributed by atoms with Gasteiger partial charge in [0.2, 0.25) is 0 Å². The van der Waals surface area contributed by atoms with E-state index in [4.69, 9.17) is 9.47 Å². The van der Waals surface area contributed by atoms with Crippen LogP contribution in [0.3, 0.4) is 0 Å². The lowest BCUT2D eigenvalue weighted by atomic mass is 10.1. The largest absolute Gasteiger partial charge is 0.382 e. The third kappa shape index (κ3) is 6.32. The van der Waals surface area contributed by atoms with Crippen LogP contribution >= 0.6 is 0 Å². The Morgan fingerprint density at radius 3 is 2.36 bits per heavy atom. The van der Waals surface area contributed by atoms with Crippen molar-refractivity contribution in [2.24, 2.45) is 0 Å². The van der Waals surface area contributed by atoms with Crippen LogP contribution in [0.1, 0.15) is 33.1 Å². The summed E-state index contributed by atoms with van der Waals surface area (Å²) in [4.78, 5) is 0. The maximum absolute atomic E-state index is 5.26. The minimum Gasteiger partial charge on any atom is -0.382 e. The third-order valence-electron chi connectivity index (χ3n) is 1.73. The Hall–Kier alpha value is -0.0800. The lowest BCUT2D eigenvalue weighted by molar-refractivity contribution is 0.0502. The van der Waals surface area contributed by atoms with Crippen LogP contribution in [0.4, 0.5) is 0 Å². The van der Waals surface area contributed by atoms with Crippen LogP contribution in [0.2, 0.25) is 0 Å². The molecule has 0 heterocycles. The van der Waals surface area contributed by atoms with Crippen LogP contribution < -0.4 is 0 Å². The van der Waals surface area contributed by atoms with Gasteiger partial charge >= 0.3 is 0 Å². The van der Waals surface area contributed by atoms with Crippen molar-refractivity contribution >= 4 is 0 Å². The maximum atomic E-state index is 5.26. The molecule has 68 valence electrons. The van der Waals surface area contributed by atoms with Gasteiger partial charge in [-0.2, -0.15) is 0 Å². The van der Waals surface area contributed by atoms with E-state index >= 15 is 0 Å². The monoisotopic (exact) mass is 160 g/mol. The SMILES string of the molecule is CCCC(CCOCC)OC. The molecule has 0 aromatic heterocycles. The zero-order chi connectivity index (χ0) is 8.53. The van der Waals surface area contributed by atoms with E-state index in [1.807, 2.05) is 6.92 Å². The molecule has 2 heteroatoms. The van der Waals surface area contributed by atoms with Gasteiger partial charge in [0.25, 0.3) is 0 Å². The normalized spacial score (nSPS) is 13.4. The van der Waals surface area contributed by atoms with E-state index in [-0.39, 0.29) is 0 Å². The third-order valence-corrected chi connectivity index (χ3v) is 1.73. The van der Waals surface area contributed by atoms with E-state index in [0.29, 0.717) is 6.10 Å². The molecule has 0 fully saturated rings. The number of methoxy groups -OCH3 is 1. The fourth-order valence-electron chi connectivity index (χ4n) is 1.06. The molecule has 0 aliphatic carbocycles. The summed E-state index contributed by atoms with van der Waals surface area (Å²) in [5.41, 5.74) is 0. The van der Waals surface area contributed by atoms with Gasteiger partial charge in [-0.05, 0) is 19.8 Å². The standard InChI is InChI=1S/C9H20O2/c1-4-6-9(10-3)7-8-11-5-2/h9H,4-8H2,1-3H3. The molecule has 11 heavy (non-hydrogen) atoms. The molecule has 0 aromatic rings. The highest BCUT2D eigenvalue weighted by Gasteiger charge is 2.04. The van der Waals surface area contributed by atoms with Gasteiger partial charge in [-0.1, -0.05) is 13.3 Å². The summed E-state index contributed by atoms with van der Waals surface area (Å²) < 4.78 is 10.5. The van der Waals surface area contributed by atoms with Crippen molar-refractivity contribution in [1.29, 1.82) is 0 Å². The Bertz CT molecular complexity index is 74.0. The van der Waals surface area contributed by atoms with Crippen LogP contribution in [0.15, 0.2) is 0 Å². The molecule has 0 aliphatic rings. The molecule has 0 bridgehead atoms. The van der Waals surface area contributed by atoms with E-state index < -0.39 is 0 Å². The van der Waals surface area contributed by atoms with Gasteiger partial charge in [0.15, 0.2) is 0 Å². The first-order valence-electron chi connectivity index (χ1n) is 4.45. The summed E-state index contributed by atoms with van der Waals surface area (Å²) in [6, 6.07) is 0. The van der Waals surface area contributed by atoms with Crippen molar-refractivity contribution < 1.29 is 9.47 Å². The molecular weight excluding hydrogens is 140 g/mol. The van der Waals surface area contributed by atoms with Crippen molar-refractivity contribution in [2.75, 3.05) is 20.3 Å². The summed E-state index contributed by atoms with van der Waals surface area (Å²) in [5, 5.41) is 0. The average molecular weight is 160 g/mol. The molecule has 0 spiro atoms. The van der Waals surface area contributed by atoms with Crippen molar-refractivity contribution in [3.8, 4) is 0 Å². The first kappa shape index (κ1) is 10.9. The van der Waals surface area contributed by atoms with Gasteiger partial charge in [0.1, 0.15) is 0 Å². The zero-order valence-electron chi connectivity index (χ0n) is 7.93. The number of ether oxygens (including phenoxy) is 2. The van der Waals surface area contributed by atoms with Gasteiger partial charge in [-0.3, -0.25) is 0 Å². The van der Waals surface area contributed by atoms with Crippen LogP contribution in [0, 0.1) is 0 Å². The predicted octanol–water partition coefficient (Wildman–Crippen LogP) is 2.23. The molecule has 1 atom stereocenters. The molecule has 0 radical (unpaired) electrons. The van der Waals surface area contributed by atoms with E-state index in [1.165, 1.54) is 6.42 Å². The van der Waals surface area contributed by atoms with E-state index in [1.54, 1.807) is 7.11 Å². The average Bonchev–Trinajstić information content (AvgIpc) is 2.03. The molecular formula is C9H20O2. The highest BCUT2D eigenvalue weighted by atomic mass is 16.5.